The highest BCUT2D eigenvalue weighted by Gasteiger charge is 2.66. The van der Waals surface area contributed by atoms with Gasteiger partial charge in [-0.1, -0.05) is 20.8 Å². The molecule has 0 spiro atoms. The van der Waals surface area contributed by atoms with Crippen molar-refractivity contribution < 1.29 is 15.0 Å². The maximum atomic E-state index is 11.0. The number of carboxylic acid groups (broad SMARTS) is 1. The summed E-state index contributed by atoms with van der Waals surface area (Å²) in [5, 5.41) is 21.0. The van der Waals surface area contributed by atoms with E-state index >= 15 is 0 Å². The Labute approximate surface area is 84.1 Å². The van der Waals surface area contributed by atoms with Gasteiger partial charge in [0.25, 0.3) is 0 Å². The molecule has 0 heterocycles. The van der Waals surface area contributed by atoms with Crippen molar-refractivity contribution in [2.24, 2.45) is 22.7 Å². The molecule has 1 N–H and O–H groups in total. The van der Waals surface area contributed by atoms with Gasteiger partial charge in [-0.25, -0.2) is 0 Å². The van der Waals surface area contributed by atoms with Gasteiger partial charge in [0.2, 0.25) is 0 Å². The van der Waals surface area contributed by atoms with Crippen LogP contribution in [-0.4, -0.2) is 17.2 Å². The third-order valence-electron chi connectivity index (χ3n) is 5.07. The van der Waals surface area contributed by atoms with Gasteiger partial charge in [-0.2, -0.15) is 0 Å². The lowest BCUT2D eigenvalue weighted by molar-refractivity contribution is -0.316. The third-order valence-corrected chi connectivity index (χ3v) is 5.07. The molecule has 0 aliphatic heterocycles. The Morgan fingerprint density at radius 1 is 1.43 bits per heavy atom. The normalized spacial score (nSPS) is 49.6. The predicted molar refractivity (Wildman–Crippen MR) is 49.1 cm³/mol. The molecule has 3 nitrogen and oxygen atoms in total. The number of aliphatic carboxylic acids is 1. The lowest BCUT2D eigenvalue weighted by atomic mass is 9.70. The van der Waals surface area contributed by atoms with Crippen molar-refractivity contribution in [1.29, 1.82) is 0 Å². The molecule has 0 aromatic carbocycles. The number of fused-ring (bicyclic) bond motifs is 2. The second kappa shape index (κ2) is 2.51. The van der Waals surface area contributed by atoms with Gasteiger partial charge in [0.1, 0.15) is 0 Å². The van der Waals surface area contributed by atoms with Crippen LogP contribution in [0.2, 0.25) is 0 Å². The second-order valence-corrected chi connectivity index (χ2v) is 5.57. The first-order chi connectivity index (χ1) is 6.32. The number of aliphatic hydroxyl groups excluding tert-OH is 1. The molecular formula is C11H17O3-. The lowest BCUT2D eigenvalue weighted by Gasteiger charge is -2.37. The summed E-state index contributed by atoms with van der Waals surface area (Å²) in [7, 11) is 0. The fourth-order valence-corrected chi connectivity index (χ4v) is 3.63. The zero-order valence-corrected chi connectivity index (χ0v) is 8.91. The largest absolute Gasteiger partial charge is 0.550 e. The topological polar surface area (TPSA) is 60.4 Å². The van der Waals surface area contributed by atoms with E-state index in [1.54, 1.807) is 0 Å². The average Bonchev–Trinajstić information content (AvgIpc) is 2.35. The Kier molecular flexibility index (Phi) is 1.79. The maximum absolute atomic E-state index is 11.0. The number of carbonyl (C=O) groups excluding carboxylic acids is 1. The van der Waals surface area contributed by atoms with E-state index < -0.39 is 18.0 Å². The standard InChI is InChI=1S/C11H18O3/c1-10(2)6-4-5-11(10,3)8(12)7(6)9(13)14/h6-8,12H,4-5H2,1-3H3,(H,13,14)/p-1/t6-,7+,8+,11-/m0/s1. The number of carboxylic acids is 1. The molecule has 4 atom stereocenters. The van der Waals surface area contributed by atoms with Crippen molar-refractivity contribution in [3.8, 4) is 0 Å². The zero-order chi connectivity index (χ0) is 10.7. The Morgan fingerprint density at radius 3 is 2.29 bits per heavy atom. The Hall–Kier alpha value is -0.570. The summed E-state index contributed by atoms with van der Waals surface area (Å²) in [4.78, 5) is 11.0. The van der Waals surface area contributed by atoms with Crippen LogP contribution in [0.25, 0.3) is 0 Å². The second-order valence-electron chi connectivity index (χ2n) is 5.57. The molecule has 2 rings (SSSR count). The van der Waals surface area contributed by atoms with Gasteiger partial charge in [-0.3, -0.25) is 0 Å². The summed E-state index contributed by atoms with van der Waals surface area (Å²) in [6, 6.07) is 0. The zero-order valence-electron chi connectivity index (χ0n) is 8.91. The molecule has 0 unspecified atom stereocenters. The number of carbonyl (C=O) groups is 1. The highest BCUT2D eigenvalue weighted by atomic mass is 16.4. The molecule has 3 heteroatoms. The molecule has 2 saturated carbocycles. The van der Waals surface area contributed by atoms with Crippen LogP contribution < -0.4 is 5.11 Å². The molecule has 2 aliphatic carbocycles. The van der Waals surface area contributed by atoms with Crippen LogP contribution in [0.5, 0.6) is 0 Å². The van der Waals surface area contributed by atoms with Gasteiger partial charge >= 0.3 is 0 Å². The minimum Gasteiger partial charge on any atom is -0.550 e. The first-order valence-electron chi connectivity index (χ1n) is 5.21. The van der Waals surface area contributed by atoms with Crippen molar-refractivity contribution in [2.45, 2.75) is 39.7 Å². The number of rotatable bonds is 1. The molecule has 0 radical (unpaired) electrons. The van der Waals surface area contributed by atoms with Gasteiger partial charge in [0.15, 0.2) is 0 Å². The van der Waals surface area contributed by atoms with Crippen molar-refractivity contribution in [3.05, 3.63) is 0 Å². The molecule has 0 aromatic heterocycles. The summed E-state index contributed by atoms with van der Waals surface area (Å²) >= 11 is 0. The number of hydrogen-bond donors (Lipinski definition) is 1. The van der Waals surface area contributed by atoms with Crippen LogP contribution in [-0.2, 0) is 4.79 Å². The van der Waals surface area contributed by atoms with E-state index in [0.717, 1.165) is 12.8 Å². The minimum absolute atomic E-state index is 0.0764. The molecule has 2 fully saturated rings. The smallest absolute Gasteiger partial charge is 0.0682 e. The maximum Gasteiger partial charge on any atom is 0.0682 e. The van der Waals surface area contributed by atoms with E-state index in [2.05, 4.69) is 13.8 Å². The summed E-state index contributed by atoms with van der Waals surface area (Å²) < 4.78 is 0. The van der Waals surface area contributed by atoms with E-state index in [1.807, 2.05) is 6.92 Å². The molecule has 2 bridgehead atoms. The first kappa shape index (κ1) is 9.97. The van der Waals surface area contributed by atoms with Crippen LogP contribution >= 0.6 is 0 Å². The van der Waals surface area contributed by atoms with Crippen LogP contribution in [0.15, 0.2) is 0 Å². The van der Waals surface area contributed by atoms with E-state index in [4.69, 9.17) is 0 Å². The quantitative estimate of drug-likeness (QED) is 0.652. The van der Waals surface area contributed by atoms with Crippen LogP contribution in [0.1, 0.15) is 33.6 Å². The van der Waals surface area contributed by atoms with Gasteiger partial charge < -0.3 is 15.0 Å². The molecule has 0 saturated heterocycles. The predicted octanol–water partition coefficient (Wildman–Crippen LogP) is 0.170. The van der Waals surface area contributed by atoms with E-state index in [9.17, 15) is 15.0 Å². The van der Waals surface area contributed by atoms with Crippen molar-refractivity contribution in [1.82, 2.24) is 0 Å². The van der Waals surface area contributed by atoms with E-state index in [-0.39, 0.29) is 16.7 Å². The monoisotopic (exact) mass is 197 g/mol. The van der Waals surface area contributed by atoms with Crippen molar-refractivity contribution in [3.63, 3.8) is 0 Å². The highest BCUT2D eigenvalue weighted by molar-refractivity contribution is 5.70. The third kappa shape index (κ3) is 0.842. The molecule has 14 heavy (non-hydrogen) atoms. The molecule has 2 aliphatic rings. The summed E-state index contributed by atoms with van der Waals surface area (Å²) in [5.74, 6) is -1.67. The Balaban J connectivity index is 2.44. The summed E-state index contributed by atoms with van der Waals surface area (Å²) in [5.41, 5.74) is -0.334. The SMILES string of the molecule is CC1(C)[C@H]2CC[C@@]1(C)[C@H](O)[C@@H]2C(=O)[O-]. The number of hydrogen-bond acceptors (Lipinski definition) is 3. The van der Waals surface area contributed by atoms with Gasteiger partial charge in [0, 0.05) is 11.9 Å². The van der Waals surface area contributed by atoms with Crippen LogP contribution in [0, 0.1) is 22.7 Å². The van der Waals surface area contributed by atoms with Crippen molar-refractivity contribution in [2.75, 3.05) is 0 Å². The van der Waals surface area contributed by atoms with Gasteiger partial charge in [-0.05, 0) is 29.6 Å². The first-order valence-corrected chi connectivity index (χ1v) is 5.21. The molecule has 0 aromatic rings. The molecule has 80 valence electrons. The minimum atomic E-state index is -1.08. The van der Waals surface area contributed by atoms with E-state index in [0.29, 0.717) is 0 Å². The Morgan fingerprint density at radius 2 is 2.00 bits per heavy atom. The fraction of sp³-hybridized carbons (Fsp3) is 0.909. The average molecular weight is 197 g/mol. The van der Waals surface area contributed by atoms with Crippen LogP contribution in [0.3, 0.4) is 0 Å². The van der Waals surface area contributed by atoms with Crippen molar-refractivity contribution >= 4 is 5.97 Å². The Bertz CT molecular complexity index is 284. The van der Waals surface area contributed by atoms with Gasteiger partial charge in [-0.15, -0.1) is 0 Å². The summed E-state index contributed by atoms with van der Waals surface area (Å²) in [6.07, 6.45) is 1.09. The van der Waals surface area contributed by atoms with E-state index in [1.165, 1.54) is 0 Å². The molecule has 0 amide bonds. The van der Waals surface area contributed by atoms with Crippen LogP contribution in [0.4, 0.5) is 0 Å². The molecular weight excluding hydrogens is 180 g/mol. The fourth-order valence-electron chi connectivity index (χ4n) is 3.63. The summed E-state index contributed by atoms with van der Waals surface area (Å²) in [6.45, 7) is 6.13. The number of aliphatic hydroxyl groups is 1. The lowest BCUT2D eigenvalue weighted by Crippen LogP contribution is -2.44. The highest BCUT2D eigenvalue weighted by Crippen LogP contribution is 2.67. The van der Waals surface area contributed by atoms with Gasteiger partial charge in [0.05, 0.1) is 6.10 Å².